The van der Waals surface area contributed by atoms with Crippen LogP contribution in [0.4, 0.5) is 13.2 Å². The predicted octanol–water partition coefficient (Wildman–Crippen LogP) is 4.82. The minimum Gasteiger partial charge on any atom is -0.489 e. The quantitative estimate of drug-likeness (QED) is 0.319. The van der Waals surface area contributed by atoms with Gasteiger partial charge < -0.3 is 15.2 Å². The molecule has 0 amide bonds. The van der Waals surface area contributed by atoms with E-state index in [2.05, 4.69) is 0 Å². The lowest BCUT2D eigenvalue weighted by Gasteiger charge is -2.11. The standard InChI is InChI=1S/C24H21F3N2O5S2/c1-29-21(24(25,26)27)13-19(28)20-7-8-23(35-20)36(32,33)18-10-16(11-22(30)31)9-17(12-18)34-14-15-5-3-2-4-6-15/h2-10,12-13,28-29H,11,14H2,1H3,(H,30,31)/b21-13-,28-19?. The van der Waals surface area contributed by atoms with Crippen molar-refractivity contribution in [2.75, 3.05) is 7.05 Å². The summed E-state index contributed by atoms with van der Waals surface area (Å²) in [6.07, 6.45) is -4.57. The van der Waals surface area contributed by atoms with E-state index in [1.54, 1.807) is 0 Å². The summed E-state index contributed by atoms with van der Waals surface area (Å²) in [7, 11) is -3.12. The minimum atomic E-state index is -4.70. The third kappa shape index (κ3) is 6.73. The van der Waals surface area contributed by atoms with Crippen LogP contribution < -0.4 is 10.1 Å². The SMILES string of the molecule is CN/C(=C\C(=N)c1ccc(S(=O)(=O)c2cc(CC(=O)O)cc(OCc3ccccc3)c2)s1)C(F)(F)F. The summed E-state index contributed by atoms with van der Waals surface area (Å²) in [6.45, 7) is 0.122. The Hall–Kier alpha value is -3.64. The molecule has 2 aromatic carbocycles. The number of carboxylic acids is 1. The van der Waals surface area contributed by atoms with Gasteiger partial charge in [0, 0.05) is 7.05 Å². The van der Waals surface area contributed by atoms with Crippen LogP contribution in [-0.4, -0.2) is 38.4 Å². The number of carbonyl (C=O) groups is 1. The molecule has 0 radical (unpaired) electrons. The molecule has 0 aliphatic heterocycles. The second-order valence-electron chi connectivity index (χ2n) is 7.50. The monoisotopic (exact) mass is 538 g/mol. The number of sulfone groups is 1. The summed E-state index contributed by atoms with van der Waals surface area (Å²) in [5.41, 5.74) is -0.649. The number of ether oxygens (including phenoxy) is 1. The molecule has 0 saturated heterocycles. The van der Waals surface area contributed by atoms with Crippen molar-refractivity contribution < 1.29 is 36.2 Å². The number of hydrogen-bond donors (Lipinski definition) is 3. The number of nitrogens with one attached hydrogen (secondary N) is 2. The van der Waals surface area contributed by atoms with Gasteiger partial charge in [-0.15, -0.1) is 11.3 Å². The molecule has 3 N–H and O–H groups in total. The summed E-state index contributed by atoms with van der Waals surface area (Å²) in [4.78, 5) is 11.0. The molecule has 0 aliphatic rings. The van der Waals surface area contributed by atoms with Crippen molar-refractivity contribution in [3.8, 4) is 5.75 Å². The Bertz CT molecular complexity index is 1400. The summed E-state index contributed by atoms with van der Waals surface area (Å²) in [5, 5.41) is 19.1. The van der Waals surface area contributed by atoms with Gasteiger partial charge in [0.05, 0.1) is 21.9 Å². The van der Waals surface area contributed by atoms with Crippen LogP contribution in [0.25, 0.3) is 0 Å². The lowest BCUT2D eigenvalue weighted by atomic mass is 10.1. The molecule has 7 nitrogen and oxygen atoms in total. The number of allylic oxidation sites excluding steroid dienone is 2. The molecule has 0 aliphatic carbocycles. The average molecular weight is 539 g/mol. The van der Waals surface area contributed by atoms with Gasteiger partial charge in [0.2, 0.25) is 9.84 Å². The fraction of sp³-hybridized carbons (Fsp3) is 0.167. The van der Waals surface area contributed by atoms with Gasteiger partial charge in [0.25, 0.3) is 0 Å². The lowest BCUT2D eigenvalue weighted by Crippen LogP contribution is -2.24. The lowest BCUT2D eigenvalue weighted by molar-refractivity contribution is -0.136. The Morgan fingerprint density at radius 3 is 2.42 bits per heavy atom. The first-order chi connectivity index (χ1) is 16.9. The molecule has 0 saturated carbocycles. The van der Waals surface area contributed by atoms with Crippen molar-refractivity contribution in [3.05, 3.63) is 88.4 Å². The zero-order valence-corrected chi connectivity index (χ0v) is 20.4. The van der Waals surface area contributed by atoms with Crippen molar-refractivity contribution in [2.45, 2.75) is 28.3 Å². The highest BCUT2D eigenvalue weighted by molar-refractivity contribution is 7.93. The van der Waals surface area contributed by atoms with Gasteiger partial charge in [-0.05, 0) is 47.5 Å². The van der Waals surface area contributed by atoms with Crippen LogP contribution in [0.3, 0.4) is 0 Å². The third-order valence-electron chi connectivity index (χ3n) is 4.83. The zero-order valence-electron chi connectivity index (χ0n) is 18.8. The molecule has 0 unspecified atom stereocenters. The average Bonchev–Trinajstić information content (AvgIpc) is 3.32. The van der Waals surface area contributed by atoms with Crippen LogP contribution in [0, 0.1) is 5.41 Å². The largest absolute Gasteiger partial charge is 0.489 e. The highest BCUT2D eigenvalue weighted by Crippen LogP contribution is 2.32. The van der Waals surface area contributed by atoms with Crippen molar-refractivity contribution in [1.29, 1.82) is 5.41 Å². The number of benzene rings is 2. The van der Waals surface area contributed by atoms with Gasteiger partial charge >= 0.3 is 12.1 Å². The third-order valence-corrected chi connectivity index (χ3v) is 8.17. The first kappa shape index (κ1) is 27.0. The first-order valence-corrected chi connectivity index (χ1v) is 12.6. The van der Waals surface area contributed by atoms with E-state index < -0.39 is 39.8 Å². The van der Waals surface area contributed by atoms with Crippen LogP contribution >= 0.6 is 11.3 Å². The Morgan fingerprint density at radius 2 is 1.81 bits per heavy atom. The highest BCUT2D eigenvalue weighted by Gasteiger charge is 2.33. The van der Waals surface area contributed by atoms with E-state index >= 15 is 0 Å². The Balaban J connectivity index is 1.94. The van der Waals surface area contributed by atoms with E-state index in [-0.39, 0.29) is 31.9 Å². The molecule has 1 aromatic heterocycles. The number of halogens is 3. The van der Waals surface area contributed by atoms with Crippen LogP contribution in [0.2, 0.25) is 0 Å². The van der Waals surface area contributed by atoms with Crippen LogP contribution in [0.5, 0.6) is 5.75 Å². The molecule has 36 heavy (non-hydrogen) atoms. The van der Waals surface area contributed by atoms with Gasteiger partial charge in [0.15, 0.2) is 0 Å². The van der Waals surface area contributed by atoms with Crippen LogP contribution in [-0.2, 0) is 27.7 Å². The van der Waals surface area contributed by atoms with Crippen molar-refractivity contribution in [1.82, 2.24) is 5.32 Å². The number of thiophene rings is 1. The zero-order chi connectivity index (χ0) is 26.5. The fourth-order valence-electron chi connectivity index (χ4n) is 3.12. The van der Waals surface area contributed by atoms with E-state index in [0.29, 0.717) is 17.4 Å². The second kappa shape index (κ2) is 11.0. The molecule has 0 atom stereocenters. The number of carboxylic acid groups (broad SMARTS) is 1. The molecule has 0 spiro atoms. The maximum atomic E-state index is 13.3. The molecule has 0 fully saturated rings. The molecular weight excluding hydrogens is 517 g/mol. The highest BCUT2D eigenvalue weighted by atomic mass is 32.2. The summed E-state index contributed by atoms with van der Waals surface area (Å²) >= 11 is 0.632. The molecule has 3 aromatic rings. The van der Waals surface area contributed by atoms with Crippen LogP contribution in [0.1, 0.15) is 16.0 Å². The molecule has 0 bridgehead atoms. The van der Waals surface area contributed by atoms with E-state index in [0.717, 1.165) is 12.6 Å². The van der Waals surface area contributed by atoms with Gasteiger partial charge in [-0.1, -0.05) is 30.3 Å². The summed E-state index contributed by atoms with van der Waals surface area (Å²) < 4.78 is 71.0. The minimum absolute atomic E-state index is 0.00724. The van der Waals surface area contributed by atoms with Gasteiger partial charge in [0.1, 0.15) is 22.3 Å². The normalized spacial score (nSPS) is 12.3. The summed E-state index contributed by atoms with van der Waals surface area (Å²) in [6, 6.07) is 15.4. The molecule has 12 heteroatoms. The van der Waals surface area contributed by atoms with E-state index in [1.165, 1.54) is 30.3 Å². The first-order valence-electron chi connectivity index (χ1n) is 10.3. The van der Waals surface area contributed by atoms with Crippen molar-refractivity contribution in [2.24, 2.45) is 0 Å². The van der Waals surface area contributed by atoms with Gasteiger partial charge in [-0.2, -0.15) is 13.2 Å². The maximum absolute atomic E-state index is 13.3. The smallest absolute Gasteiger partial charge is 0.430 e. The van der Waals surface area contributed by atoms with Crippen molar-refractivity contribution >= 4 is 32.9 Å². The number of rotatable bonds is 10. The van der Waals surface area contributed by atoms with E-state index in [9.17, 15) is 31.5 Å². The number of alkyl halides is 3. The fourth-order valence-corrected chi connectivity index (χ4v) is 5.84. The Morgan fingerprint density at radius 1 is 1.11 bits per heavy atom. The number of hydrogen-bond acceptors (Lipinski definition) is 7. The van der Waals surface area contributed by atoms with E-state index in [1.807, 2.05) is 35.6 Å². The molecule has 190 valence electrons. The van der Waals surface area contributed by atoms with Crippen LogP contribution in [0.15, 0.2) is 81.5 Å². The number of aliphatic carboxylic acids is 1. The van der Waals surface area contributed by atoms with Gasteiger partial charge in [-0.25, -0.2) is 8.42 Å². The topological polar surface area (TPSA) is 117 Å². The predicted molar refractivity (Wildman–Crippen MR) is 128 cm³/mol. The van der Waals surface area contributed by atoms with Crippen molar-refractivity contribution in [3.63, 3.8) is 0 Å². The van der Waals surface area contributed by atoms with E-state index in [4.69, 9.17) is 10.1 Å². The van der Waals surface area contributed by atoms with Gasteiger partial charge in [-0.3, -0.25) is 10.2 Å². The molecule has 3 rings (SSSR count). The Labute approximate surface area is 209 Å². The molecular formula is C24H21F3N2O5S2. The Kier molecular flexibility index (Phi) is 8.21. The molecule has 1 heterocycles. The second-order valence-corrected chi connectivity index (χ2v) is 10.8. The maximum Gasteiger partial charge on any atom is 0.430 e. The summed E-state index contributed by atoms with van der Waals surface area (Å²) in [5.74, 6) is -1.02.